The fraction of sp³-hybridized carbons (Fsp3) is 0.769. The van der Waals surface area contributed by atoms with Gasteiger partial charge in [0.15, 0.2) is 5.16 Å². The minimum Gasteiger partial charge on any atom is -0.481 e. The molecule has 7 heteroatoms. The van der Waals surface area contributed by atoms with Crippen LogP contribution in [0.25, 0.3) is 0 Å². The third-order valence-corrected chi connectivity index (χ3v) is 5.48. The van der Waals surface area contributed by atoms with Gasteiger partial charge in [-0.3, -0.25) is 9.36 Å². The van der Waals surface area contributed by atoms with E-state index in [9.17, 15) is 14.7 Å². The number of H-pyrrole nitrogens is 1. The van der Waals surface area contributed by atoms with E-state index < -0.39 is 5.97 Å². The lowest BCUT2D eigenvalue weighted by molar-refractivity contribution is -0.141. The molecule has 1 aromatic heterocycles. The van der Waals surface area contributed by atoms with Gasteiger partial charge in [-0.15, -0.1) is 5.10 Å². The third-order valence-electron chi connectivity index (χ3n) is 4.11. The minimum absolute atomic E-state index is 0.0164. The van der Waals surface area contributed by atoms with Crippen LogP contribution < -0.4 is 5.69 Å². The van der Waals surface area contributed by atoms with Crippen molar-refractivity contribution in [3.63, 3.8) is 0 Å². The predicted molar refractivity (Wildman–Crippen MR) is 75.0 cm³/mol. The van der Waals surface area contributed by atoms with E-state index in [1.807, 2.05) is 0 Å². The summed E-state index contributed by atoms with van der Waals surface area (Å²) in [6.45, 7) is 0. The monoisotopic (exact) mass is 297 g/mol. The molecule has 0 radical (unpaired) electrons. The Morgan fingerprint density at radius 3 is 2.70 bits per heavy atom. The van der Waals surface area contributed by atoms with Crippen LogP contribution >= 0.6 is 11.8 Å². The second kappa shape index (κ2) is 5.63. The number of hydrogen-bond acceptors (Lipinski definition) is 4. The van der Waals surface area contributed by atoms with E-state index >= 15 is 0 Å². The third kappa shape index (κ3) is 2.77. The maximum Gasteiger partial charge on any atom is 0.344 e. The number of hydrogen-bond donors (Lipinski definition) is 2. The number of aromatic nitrogens is 3. The van der Waals surface area contributed by atoms with Gasteiger partial charge in [0.2, 0.25) is 0 Å². The summed E-state index contributed by atoms with van der Waals surface area (Å²) in [6.07, 6.45) is 6.76. The summed E-state index contributed by atoms with van der Waals surface area (Å²) in [4.78, 5) is 23.2. The Kier molecular flexibility index (Phi) is 3.87. The van der Waals surface area contributed by atoms with Crippen LogP contribution in [-0.2, 0) is 4.79 Å². The number of nitrogens with zero attached hydrogens (tertiary/aromatic N) is 2. The molecule has 0 aliphatic heterocycles. The van der Waals surface area contributed by atoms with Crippen molar-refractivity contribution in [3.8, 4) is 0 Å². The number of aliphatic carboxylic acids is 1. The molecule has 6 nitrogen and oxygen atoms in total. The number of carbonyl (C=O) groups is 1. The molecule has 2 aliphatic rings. The first kappa shape index (κ1) is 13.7. The first-order valence-electron chi connectivity index (χ1n) is 7.23. The van der Waals surface area contributed by atoms with Gasteiger partial charge in [0.25, 0.3) is 0 Å². The summed E-state index contributed by atoms with van der Waals surface area (Å²) in [7, 11) is 0. The zero-order valence-corrected chi connectivity index (χ0v) is 12.1. The molecule has 2 fully saturated rings. The highest BCUT2D eigenvalue weighted by molar-refractivity contribution is 7.99. The van der Waals surface area contributed by atoms with E-state index in [1.54, 1.807) is 4.57 Å². The van der Waals surface area contributed by atoms with E-state index in [1.165, 1.54) is 11.8 Å². The maximum atomic E-state index is 11.8. The SMILES string of the molecule is O=C(O)C1CCCCCC1Sc1n[nH]c(=O)n1C1CC1. The summed E-state index contributed by atoms with van der Waals surface area (Å²) in [5.74, 6) is -1.05. The Bertz CT molecular complexity index is 549. The summed E-state index contributed by atoms with van der Waals surface area (Å²) in [6, 6.07) is 0.262. The largest absolute Gasteiger partial charge is 0.481 e. The molecule has 20 heavy (non-hydrogen) atoms. The summed E-state index contributed by atoms with van der Waals surface area (Å²) >= 11 is 1.47. The normalized spacial score (nSPS) is 27.2. The molecule has 2 aliphatic carbocycles. The van der Waals surface area contributed by atoms with Crippen LogP contribution in [0.1, 0.15) is 51.0 Å². The number of carboxylic acid groups (broad SMARTS) is 1. The molecule has 0 spiro atoms. The highest BCUT2D eigenvalue weighted by Crippen LogP contribution is 2.40. The molecule has 0 aromatic carbocycles. The van der Waals surface area contributed by atoms with Gasteiger partial charge in [-0.1, -0.05) is 31.0 Å². The Morgan fingerprint density at radius 1 is 1.25 bits per heavy atom. The van der Waals surface area contributed by atoms with Gasteiger partial charge in [0.1, 0.15) is 0 Å². The van der Waals surface area contributed by atoms with Gasteiger partial charge in [0, 0.05) is 11.3 Å². The molecule has 3 rings (SSSR count). The zero-order valence-electron chi connectivity index (χ0n) is 11.2. The molecule has 2 unspecified atom stereocenters. The van der Waals surface area contributed by atoms with Crippen LogP contribution in [0.5, 0.6) is 0 Å². The Hall–Kier alpha value is -1.24. The molecule has 0 amide bonds. The number of thioether (sulfide) groups is 1. The second-order valence-corrected chi connectivity index (χ2v) is 6.86. The lowest BCUT2D eigenvalue weighted by atomic mass is 10.0. The average Bonchev–Trinajstić information content (AvgIpc) is 3.19. The molecular formula is C13H19N3O3S. The lowest BCUT2D eigenvalue weighted by Crippen LogP contribution is -2.25. The van der Waals surface area contributed by atoms with Gasteiger partial charge in [0.05, 0.1) is 5.92 Å². The van der Waals surface area contributed by atoms with Crippen LogP contribution in [0.3, 0.4) is 0 Å². The zero-order chi connectivity index (χ0) is 14.1. The van der Waals surface area contributed by atoms with Crippen molar-refractivity contribution in [1.82, 2.24) is 14.8 Å². The molecule has 110 valence electrons. The maximum absolute atomic E-state index is 11.8. The van der Waals surface area contributed by atoms with Crippen LogP contribution in [0, 0.1) is 5.92 Å². The van der Waals surface area contributed by atoms with Crippen LogP contribution in [0.2, 0.25) is 0 Å². The van der Waals surface area contributed by atoms with E-state index in [-0.39, 0.29) is 22.9 Å². The number of nitrogens with one attached hydrogen (secondary N) is 1. The molecule has 0 saturated heterocycles. The quantitative estimate of drug-likeness (QED) is 0.830. The molecule has 1 aromatic rings. The van der Waals surface area contributed by atoms with Crippen LogP contribution in [0.15, 0.2) is 9.95 Å². The number of rotatable bonds is 4. The number of aromatic amines is 1. The van der Waals surface area contributed by atoms with E-state index in [4.69, 9.17) is 0 Å². The Labute approximate surface area is 121 Å². The van der Waals surface area contributed by atoms with Crippen molar-refractivity contribution in [3.05, 3.63) is 10.5 Å². The highest BCUT2D eigenvalue weighted by Gasteiger charge is 2.34. The van der Waals surface area contributed by atoms with Gasteiger partial charge in [-0.05, 0) is 25.7 Å². The van der Waals surface area contributed by atoms with Crippen molar-refractivity contribution in [2.75, 3.05) is 0 Å². The molecule has 2 N–H and O–H groups in total. The van der Waals surface area contributed by atoms with Crippen molar-refractivity contribution < 1.29 is 9.90 Å². The van der Waals surface area contributed by atoms with Crippen LogP contribution in [0.4, 0.5) is 0 Å². The molecule has 2 saturated carbocycles. The minimum atomic E-state index is -0.722. The second-order valence-electron chi connectivity index (χ2n) is 5.65. The molecular weight excluding hydrogens is 278 g/mol. The smallest absolute Gasteiger partial charge is 0.344 e. The first-order chi connectivity index (χ1) is 9.66. The molecule has 0 bridgehead atoms. The standard InChI is InChI=1S/C13H19N3O3S/c17-11(18)9-4-2-1-3-5-10(9)20-13-15-14-12(19)16(13)8-6-7-8/h8-10H,1-7H2,(H,14,19)(H,17,18). The highest BCUT2D eigenvalue weighted by atomic mass is 32.2. The fourth-order valence-electron chi connectivity index (χ4n) is 2.86. The van der Waals surface area contributed by atoms with Gasteiger partial charge >= 0.3 is 11.7 Å². The number of carboxylic acids is 1. The van der Waals surface area contributed by atoms with Gasteiger partial charge in [-0.2, -0.15) is 0 Å². The van der Waals surface area contributed by atoms with Crippen molar-refractivity contribution in [1.29, 1.82) is 0 Å². The summed E-state index contributed by atoms with van der Waals surface area (Å²) in [5, 5.41) is 16.7. The predicted octanol–water partition coefficient (Wildman–Crippen LogP) is 2.03. The molecule has 2 atom stereocenters. The fourth-order valence-corrected chi connectivity index (χ4v) is 4.28. The average molecular weight is 297 g/mol. The molecule has 1 heterocycles. The van der Waals surface area contributed by atoms with Gasteiger partial charge < -0.3 is 5.11 Å². The van der Waals surface area contributed by atoms with Crippen LogP contribution in [-0.4, -0.2) is 31.1 Å². The van der Waals surface area contributed by atoms with Crippen molar-refractivity contribution in [2.24, 2.45) is 5.92 Å². The van der Waals surface area contributed by atoms with Crippen molar-refractivity contribution >= 4 is 17.7 Å². The Morgan fingerprint density at radius 2 is 2.00 bits per heavy atom. The van der Waals surface area contributed by atoms with E-state index in [0.717, 1.165) is 44.9 Å². The van der Waals surface area contributed by atoms with Gasteiger partial charge in [-0.25, -0.2) is 9.89 Å². The van der Waals surface area contributed by atoms with E-state index in [2.05, 4.69) is 10.2 Å². The summed E-state index contributed by atoms with van der Waals surface area (Å²) < 4.78 is 1.70. The first-order valence-corrected chi connectivity index (χ1v) is 8.11. The summed E-state index contributed by atoms with van der Waals surface area (Å²) in [5.41, 5.74) is -0.171. The topological polar surface area (TPSA) is 88.0 Å². The van der Waals surface area contributed by atoms with Crippen molar-refractivity contribution in [2.45, 2.75) is 61.4 Å². The lowest BCUT2D eigenvalue weighted by Gasteiger charge is -2.20. The Balaban J connectivity index is 1.81. The van der Waals surface area contributed by atoms with E-state index in [0.29, 0.717) is 5.16 Å².